The quantitative estimate of drug-likeness (QED) is 0.653. The van der Waals surface area contributed by atoms with Gasteiger partial charge in [-0.1, -0.05) is 12.1 Å². The number of imidazole rings is 1. The molecule has 0 aliphatic carbocycles. The highest BCUT2D eigenvalue weighted by Gasteiger charge is 2.20. The second-order valence-corrected chi connectivity index (χ2v) is 7.87. The van der Waals surface area contributed by atoms with Crippen LogP contribution in [0.5, 0.6) is 5.75 Å². The van der Waals surface area contributed by atoms with Crippen molar-refractivity contribution in [3.05, 3.63) is 53.9 Å². The van der Waals surface area contributed by atoms with Crippen LogP contribution in [-0.2, 0) is 16.0 Å². The Kier molecular flexibility index (Phi) is 5.44. The summed E-state index contributed by atoms with van der Waals surface area (Å²) in [5.41, 5.74) is 3.80. The summed E-state index contributed by atoms with van der Waals surface area (Å²) < 4.78 is 7.83. The highest BCUT2D eigenvalue weighted by Crippen LogP contribution is 2.27. The van der Waals surface area contributed by atoms with E-state index in [4.69, 9.17) is 9.72 Å². The van der Waals surface area contributed by atoms with Crippen molar-refractivity contribution in [3.63, 3.8) is 0 Å². The van der Waals surface area contributed by atoms with Crippen molar-refractivity contribution in [1.29, 1.82) is 0 Å². The smallest absolute Gasteiger partial charge is 0.258 e. The number of fused-ring (bicyclic) bond motifs is 2. The molecule has 2 amide bonds. The Hall–Kier alpha value is -3.35. The van der Waals surface area contributed by atoms with Crippen LogP contribution in [0.25, 0.3) is 11.0 Å². The first kappa shape index (κ1) is 19.9. The number of aromatic nitrogens is 2. The van der Waals surface area contributed by atoms with Gasteiger partial charge in [0.25, 0.3) is 5.91 Å². The number of hydrogen-bond acceptors (Lipinski definition) is 4. The lowest BCUT2D eigenvalue weighted by Crippen LogP contribution is -2.33. The zero-order valence-electron chi connectivity index (χ0n) is 17.4. The molecule has 7 nitrogen and oxygen atoms in total. The van der Waals surface area contributed by atoms with Crippen LogP contribution in [0.2, 0.25) is 0 Å². The third kappa shape index (κ3) is 4.01. The Bertz CT molecular complexity index is 1100. The highest BCUT2D eigenvalue weighted by atomic mass is 16.5. The zero-order chi connectivity index (χ0) is 21.3. The van der Waals surface area contributed by atoms with Gasteiger partial charge in [-0.25, -0.2) is 4.98 Å². The minimum Gasteiger partial charge on any atom is -0.484 e. The van der Waals surface area contributed by atoms with Crippen LogP contribution >= 0.6 is 0 Å². The summed E-state index contributed by atoms with van der Waals surface area (Å²) in [6.45, 7) is 6.05. The van der Waals surface area contributed by atoms with Crippen LogP contribution in [0, 0.1) is 0 Å². The number of carbonyl (C=O) groups excluding carboxylic acids is 2. The minimum absolute atomic E-state index is 0.0250. The Balaban J connectivity index is 1.42. The molecule has 2 aromatic carbocycles. The first-order chi connectivity index (χ1) is 14.4. The number of benzene rings is 2. The van der Waals surface area contributed by atoms with Gasteiger partial charge in [0.2, 0.25) is 5.91 Å². The highest BCUT2D eigenvalue weighted by molar-refractivity contribution is 5.94. The number of aryl methyl sites for hydroxylation is 1. The molecule has 4 rings (SSSR count). The van der Waals surface area contributed by atoms with Crippen molar-refractivity contribution in [2.75, 3.05) is 11.9 Å². The molecule has 1 aliphatic rings. The summed E-state index contributed by atoms with van der Waals surface area (Å²) in [7, 11) is 0. The SMILES string of the molecule is CC(NC(=O)COc1ccc2c(c1)CCC(=O)N2)c1nc2ccccc2n1C(C)C. The molecule has 2 N–H and O–H groups in total. The average molecular weight is 406 g/mol. The number of ether oxygens (including phenoxy) is 1. The van der Waals surface area contributed by atoms with E-state index in [2.05, 4.69) is 29.0 Å². The topological polar surface area (TPSA) is 85.2 Å². The fourth-order valence-corrected chi connectivity index (χ4v) is 3.86. The normalized spacial score (nSPS) is 14.3. The minimum atomic E-state index is -0.255. The van der Waals surface area contributed by atoms with E-state index in [9.17, 15) is 9.59 Å². The number of hydrogen-bond donors (Lipinski definition) is 2. The van der Waals surface area contributed by atoms with Gasteiger partial charge in [0.15, 0.2) is 6.61 Å². The number of rotatable bonds is 6. The molecule has 2 heterocycles. The first-order valence-electron chi connectivity index (χ1n) is 10.2. The van der Waals surface area contributed by atoms with Gasteiger partial charge >= 0.3 is 0 Å². The summed E-state index contributed by atoms with van der Waals surface area (Å²) in [5.74, 6) is 1.25. The standard InChI is InChI=1S/C23H26N4O3/c1-14(2)27-20-7-5-4-6-19(20)26-23(27)15(3)24-22(29)13-30-17-9-10-18-16(12-17)8-11-21(28)25-18/h4-7,9-10,12,14-15H,8,11,13H2,1-3H3,(H,24,29)(H,25,28). The number of para-hydroxylation sites is 2. The number of amides is 2. The molecule has 1 aromatic heterocycles. The summed E-state index contributed by atoms with van der Waals surface area (Å²) in [4.78, 5) is 28.7. The number of anilines is 1. The maximum atomic E-state index is 12.5. The molecule has 0 fully saturated rings. The van der Waals surface area contributed by atoms with Crippen LogP contribution in [-0.4, -0.2) is 28.0 Å². The lowest BCUT2D eigenvalue weighted by Gasteiger charge is -2.19. The summed E-state index contributed by atoms with van der Waals surface area (Å²) >= 11 is 0. The van der Waals surface area contributed by atoms with Crippen LogP contribution in [0.3, 0.4) is 0 Å². The van der Waals surface area contributed by atoms with E-state index in [1.54, 1.807) is 6.07 Å². The molecule has 0 bridgehead atoms. The Morgan fingerprint density at radius 3 is 2.80 bits per heavy atom. The lowest BCUT2D eigenvalue weighted by molar-refractivity contribution is -0.123. The molecular weight excluding hydrogens is 380 g/mol. The number of nitrogens with one attached hydrogen (secondary N) is 2. The number of nitrogens with zero attached hydrogens (tertiary/aromatic N) is 2. The molecule has 7 heteroatoms. The monoisotopic (exact) mass is 406 g/mol. The first-order valence-corrected chi connectivity index (χ1v) is 10.2. The predicted molar refractivity (Wildman–Crippen MR) is 116 cm³/mol. The molecule has 1 atom stereocenters. The van der Waals surface area contributed by atoms with Crippen LogP contribution in [0.1, 0.15) is 50.7 Å². The average Bonchev–Trinajstić information content (AvgIpc) is 3.12. The summed E-state index contributed by atoms with van der Waals surface area (Å²) in [6.07, 6.45) is 1.14. The Labute approximate surface area is 175 Å². The Morgan fingerprint density at radius 1 is 1.20 bits per heavy atom. The fourth-order valence-electron chi connectivity index (χ4n) is 3.86. The van der Waals surface area contributed by atoms with Crippen LogP contribution < -0.4 is 15.4 Å². The molecule has 0 saturated carbocycles. The van der Waals surface area contributed by atoms with Crippen molar-refractivity contribution >= 4 is 28.5 Å². The van der Waals surface area contributed by atoms with Gasteiger partial charge in [-0.2, -0.15) is 0 Å². The van der Waals surface area contributed by atoms with Gasteiger partial charge in [0.1, 0.15) is 11.6 Å². The van der Waals surface area contributed by atoms with E-state index in [0.717, 1.165) is 28.1 Å². The van der Waals surface area contributed by atoms with Crippen molar-refractivity contribution in [2.24, 2.45) is 0 Å². The van der Waals surface area contributed by atoms with Gasteiger partial charge < -0.3 is 19.9 Å². The molecule has 3 aromatic rings. The molecule has 0 radical (unpaired) electrons. The largest absolute Gasteiger partial charge is 0.484 e. The second kappa shape index (κ2) is 8.18. The molecule has 0 spiro atoms. The van der Waals surface area contributed by atoms with Crippen molar-refractivity contribution < 1.29 is 14.3 Å². The van der Waals surface area contributed by atoms with Gasteiger partial charge in [-0.05, 0) is 63.1 Å². The zero-order valence-corrected chi connectivity index (χ0v) is 17.4. The van der Waals surface area contributed by atoms with E-state index in [-0.39, 0.29) is 30.5 Å². The van der Waals surface area contributed by atoms with E-state index < -0.39 is 0 Å². The summed E-state index contributed by atoms with van der Waals surface area (Å²) in [6, 6.07) is 13.4. The fraction of sp³-hybridized carbons (Fsp3) is 0.348. The second-order valence-electron chi connectivity index (χ2n) is 7.87. The van der Waals surface area contributed by atoms with Gasteiger partial charge in [-0.15, -0.1) is 0 Å². The summed E-state index contributed by atoms with van der Waals surface area (Å²) in [5, 5.41) is 5.82. The van der Waals surface area contributed by atoms with E-state index in [0.29, 0.717) is 18.6 Å². The Morgan fingerprint density at radius 2 is 2.00 bits per heavy atom. The van der Waals surface area contributed by atoms with Crippen molar-refractivity contribution in [1.82, 2.24) is 14.9 Å². The van der Waals surface area contributed by atoms with E-state index in [1.165, 1.54) is 0 Å². The molecule has 0 saturated heterocycles. The van der Waals surface area contributed by atoms with Crippen LogP contribution in [0.15, 0.2) is 42.5 Å². The third-order valence-electron chi connectivity index (χ3n) is 5.25. The predicted octanol–water partition coefficient (Wildman–Crippen LogP) is 3.76. The third-order valence-corrected chi connectivity index (χ3v) is 5.25. The van der Waals surface area contributed by atoms with E-state index in [1.807, 2.05) is 43.3 Å². The van der Waals surface area contributed by atoms with Crippen LogP contribution in [0.4, 0.5) is 5.69 Å². The molecular formula is C23H26N4O3. The molecule has 156 valence electrons. The number of carbonyl (C=O) groups is 2. The maximum Gasteiger partial charge on any atom is 0.258 e. The molecule has 1 aliphatic heterocycles. The van der Waals surface area contributed by atoms with Crippen molar-refractivity contribution in [3.8, 4) is 5.75 Å². The maximum absolute atomic E-state index is 12.5. The molecule has 1 unspecified atom stereocenters. The lowest BCUT2D eigenvalue weighted by atomic mass is 10.0. The van der Waals surface area contributed by atoms with Gasteiger partial charge in [0, 0.05) is 18.2 Å². The van der Waals surface area contributed by atoms with Gasteiger partial charge in [-0.3, -0.25) is 9.59 Å². The van der Waals surface area contributed by atoms with E-state index >= 15 is 0 Å². The van der Waals surface area contributed by atoms with Gasteiger partial charge in [0.05, 0.1) is 17.1 Å². The molecule has 30 heavy (non-hydrogen) atoms. The van der Waals surface area contributed by atoms with Crippen molar-refractivity contribution in [2.45, 2.75) is 45.7 Å².